The van der Waals surface area contributed by atoms with Crippen molar-refractivity contribution in [3.63, 3.8) is 0 Å². The van der Waals surface area contributed by atoms with Crippen LogP contribution in [0.5, 0.6) is 0 Å². The molecule has 0 aromatic rings. The van der Waals surface area contributed by atoms with Crippen molar-refractivity contribution in [2.75, 3.05) is 11.0 Å². The normalized spacial score (nSPS) is 11.6. The van der Waals surface area contributed by atoms with Gasteiger partial charge in [0.05, 0.1) is 6.10 Å². The van der Waals surface area contributed by atoms with E-state index >= 15 is 0 Å². The molecule has 2 N–H and O–H groups in total. The van der Waals surface area contributed by atoms with Gasteiger partial charge >= 0.3 is 16.3 Å². The zero-order valence-electron chi connectivity index (χ0n) is 10.7. The Labute approximate surface area is 123 Å². The number of carbonyl (C=O) groups excluding carboxylic acids is 1. The number of halogens is 1. The molecule has 0 aromatic carbocycles. The number of unbranched alkanes of at least 4 members (excludes halogenated alkanes) is 3. The highest BCUT2D eigenvalue weighted by Crippen LogP contribution is 2.01. The fourth-order valence-corrected chi connectivity index (χ4v) is 2.46. The van der Waals surface area contributed by atoms with Crippen molar-refractivity contribution < 1.29 is 17.9 Å². The summed E-state index contributed by atoms with van der Waals surface area (Å²) in [6.07, 6.45) is 2.66. The van der Waals surface area contributed by atoms with E-state index in [-0.39, 0.29) is 6.10 Å². The average Bonchev–Trinajstić information content (AvgIpc) is 2.20. The van der Waals surface area contributed by atoms with Crippen LogP contribution < -0.4 is 9.44 Å². The maximum Gasteiger partial charge on any atom is 0.422 e. The molecule has 8 heteroatoms. The molecule has 0 bridgehead atoms. The third-order valence-electron chi connectivity index (χ3n) is 1.91. The molecule has 0 saturated heterocycles. The van der Waals surface area contributed by atoms with Gasteiger partial charge in [0, 0.05) is 6.54 Å². The molecule has 6 nitrogen and oxygen atoms in total. The Kier molecular flexibility index (Phi) is 9.74. The first-order chi connectivity index (χ1) is 8.37. The number of nitrogens with one attached hydrogen (secondary N) is 2. The predicted octanol–water partition coefficient (Wildman–Crippen LogP) is 1.95. The molecule has 0 heterocycles. The van der Waals surface area contributed by atoms with E-state index < -0.39 is 16.3 Å². The van der Waals surface area contributed by atoms with E-state index in [1.165, 1.54) is 0 Å². The summed E-state index contributed by atoms with van der Waals surface area (Å²) in [5, 5.41) is 0. The Morgan fingerprint density at radius 2 is 1.83 bits per heavy atom. The van der Waals surface area contributed by atoms with Crippen LogP contribution in [0.15, 0.2) is 0 Å². The number of hydrogen-bond acceptors (Lipinski definition) is 4. The van der Waals surface area contributed by atoms with Crippen molar-refractivity contribution >= 4 is 38.9 Å². The van der Waals surface area contributed by atoms with Gasteiger partial charge in [0.15, 0.2) is 0 Å². The molecule has 0 rings (SSSR count). The Morgan fingerprint density at radius 1 is 1.22 bits per heavy atom. The van der Waals surface area contributed by atoms with Crippen LogP contribution in [0.1, 0.15) is 39.5 Å². The molecule has 1 amide bonds. The number of amides is 1. The monoisotopic (exact) mass is 392 g/mol. The summed E-state index contributed by atoms with van der Waals surface area (Å²) in [5.74, 6) is 0. The maximum absolute atomic E-state index is 11.4. The molecule has 0 spiro atoms. The van der Waals surface area contributed by atoms with Gasteiger partial charge in [-0.2, -0.15) is 13.1 Å². The van der Waals surface area contributed by atoms with E-state index in [2.05, 4.69) is 32.0 Å². The molecule has 0 saturated carbocycles. The van der Waals surface area contributed by atoms with Crippen molar-refractivity contribution in [2.45, 2.75) is 45.6 Å². The van der Waals surface area contributed by atoms with Gasteiger partial charge in [-0.15, -0.1) is 0 Å². The van der Waals surface area contributed by atoms with Crippen molar-refractivity contribution in [1.82, 2.24) is 9.44 Å². The lowest BCUT2D eigenvalue weighted by Crippen LogP contribution is -2.41. The highest BCUT2D eigenvalue weighted by atomic mass is 127. The fraction of sp³-hybridized carbons (Fsp3) is 0.900. The summed E-state index contributed by atoms with van der Waals surface area (Å²) in [7, 11) is -3.80. The molecular formula is C10H21IN2O4S. The minimum absolute atomic E-state index is 0.325. The zero-order valence-corrected chi connectivity index (χ0v) is 13.7. The van der Waals surface area contributed by atoms with E-state index in [1.807, 2.05) is 0 Å². The van der Waals surface area contributed by atoms with Crippen LogP contribution >= 0.6 is 22.6 Å². The summed E-state index contributed by atoms with van der Waals surface area (Å²) in [4.78, 5) is 11.1. The molecule has 0 aliphatic heterocycles. The second-order valence-corrected chi connectivity index (χ2v) is 6.64. The Balaban J connectivity index is 3.77. The average molecular weight is 392 g/mol. The second-order valence-electron chi connectivity index (χ2n) is 4.06. The highest BCUT2D eigenvalue weighted by molar-refractivity contribution is 14.1. The van der Waals surface area contributed by atoms with E-state index in [9.17, 15) is 13.2 Å². The molecule has 0 unspecified atom stereocenters. The smallest absolute Gasteiger partial charge is 0.422 e. The van der Waals surface area contributed by atoms with Crippen LogP contribution in [0, 0.1) is 0 Å². The molecule has 108 valence electrons. The number of alkyl halides is 1. The van der Waals surface area contributed by atoms with Gasteiger partial charge in [0.2, 0.25) is 0 Å². The van der Waals surface area contributed by atoms with Crippen LogP contribution in [-0.4, -0.2) is 31.6 Å². The largest absolute Gasteiger partial charge is 0.446 e. The SMILES string of the molecule is CC(C)OC(=O)NS(=O)(=O)NCCCCCCI. The molecule has 0 atom stereocenters. The van der Waals surface area contributed by atoms with E-state index in [0.717, 1.165) is 30.1 Å². The van der Waals surface area contributed by atoms with Gasteiger partial charge in [0.25, 0.3) is 0 Å². The molecule has 0 aromatic heterocycles. The number of hydrogen-bond donors (Lipinski definition) is 2. The van der Waals surface area contributed by atoms with Crippen LogP contribution in [0.25, 0.3) is 0 Å². The topological polar surface area (TPSA) is 84.5 Å². The number of rotatable bonds is 9. The standard InChI is InChI=1S/C10H21IN2O4S/c1-9(2)17-10(14)13-18(15,16)12-8-6-4-3-5-7-11/h9,12H,3-8H2,1-2H3,(H,13,14). The third-order valence-corrected chi connectivity index (χ3v) is 3.70. The van der Waals surface area contributed by atoms with Gasteiger partial charge in [-0.25, -0.2) is 9.52 Å². The van der Waals surface area contributed by atoms with Gasteiger partial charge in [0.1, 0.15) is 0 Å². The second kappa shape index (κ2) is 9.79. The minimum Gasteiger partial charge on any atom is -0.446 e. The van der Waals surface area contributed by atoms with E-state index in [0.29, 0.717) is 6.54 Å². The zero-order chi connectivity index (χ0) is 14.0. The summed E-state index contributed by atoms with van der Waals surface area (Å²) in [5.41, 5.74) is 0. The molecule has 0 fully saturated rings. The van der Waals surface area contributed by atoms with E-state index in [4.69, 9.17) is 0 Å². The third kappa shape index (κ3) is 11.0. The number of carbonyl (C=O) groups is 1. The van der Waals surface area contributed by atoms with Crippen LogP contribution in [0.3, 0.4) is 0 Å². The number of ether oxygens (including phenoxy) is 1. The first-order valence-corrected chi connectivity index (χ1v) is 8.92. The molecular weight excluding hydrogens is 371 g/mol. The Hall–Kier alpha value is -0.0900. The fourth-order valence-electron chi connectivity index (χ4n) is 1.16. The van der Waals surface area contributed by atoms with E-state index in [1.54, 1.807) is 18.6 Å². The quantitative estimate of drug-likeness (QED) is 0.357. The van der Waals surface area contributed by atoms with Gasteiger partial charge in [-0.3, -0.25) is 0 Å². The minimum atomic E-state index is -3.80. The summed E-state index contributed by atoms with van der Waals surface area (Å²) < 4.78 is 32.7. The molecule has 0 radical (unpaired) electrons. The van der Waals surface area contributed by atoms with Gasteiger partial charge in [-0.1, -0.05) is 35.4 Å². The lowest BCUT2D eigenvalue weighted by atomic mass is 10.2. The van der Waals surface area contributed by atoms with Crippen LogP contribution in [-0.2, 0) is 14.9 Å². The van der Waals surface area contributed by atoms with Crippen molar-refractivity contribution in [3.05, 3.63) is 0 Å². The van der Waals surface area contributed by atoms with Gasteiger partial charge in [-0.05, 0) is 31.1 Å². The summed E-state index contributed by atoms with van der Waals surface area (Å²) in [6.45, 7) is 3.62. The first-order valence-electron chi connectivity index (χ1n) is 5.91. The maximum atomic E-state index is 11.4. The summed E-state index contributed by atoms with van der Waals surface area (Å²) in [6, 6.07) is 0. The van der Waals surface area contributed by atoms with Gasteiger partial charge < -0.3 is 4.74 Å². The molecule has 0 aliphatic rings. The molecule has 0 aliphatic carbocycles. The van der Waals surface area contributed by atoms with Crippen LogP contribution in [0.2, 0.25) is 0 Å². The Bertz CT molecular complexity index is 333. The highest BCUT2D eigenvalue weighted by Gasteiger charge is 2.15. The lowest BCUT2D eigenvalue weighted by molar-refractivity contribution is 0.121. The predicted molar refractivity (Wildman–Crippen MR) is 79.0 cm³/mol. The van der Waals surface area contributed by atoms with Crippen molar-refractivity contribution in [2.24, 2.45) is 0 Å². The first kappa shape index (κ1) is 17.9. The summed E-state index contributed by atoms with van der Waals surface area (Å²) >= 11 is 2.31. The van der Waals surface area contributed by atoms with Crippen LogP contribution in [0.4, 0.5) is 4.79 Å². The Morgan fingerprint density at radius 3 is 2.39 bits per heavy atom. The van der Waals surface area contributed by atoms with Crippen molar-refractivity contribution in [3.8, 4) is 0 Å². The van der Waals surface area contributed by atoms with Crippen molar-refractivity contribution in [1.29, 1.82) is 0 Å². The lowest BCUT2D eigenvalue weighted by Gasteiger charge is -2.10. The molecule has 18 heavy (non-hydrogen) atoms.